The maximum absolute atomic E-state index is 5.54. The lowest BCUT2D eigenvalue weighted by Crippen LogP contribution is -2.37. The van der Waals surface area contributed by atoms with E-state index in [9.17, 15) is 0 Å². The maximum atomic E-state index is 5.54. The molecular formula is C16H23N3O2S. The highest BCUT2D eigenvalue weighted by molar-refractivity contribution is 7.80. The topological polar surface area (TPSA) is 54.9 Å². The molecule has 6 heteroatoms. The van der Waals surface area contributed by atoms with Crippen LogP contribution in [0.15, 0.2) is 29.4 Å². The van der Waals surface area contributed by atoms with Gasteiger partial charge < -0.3 is 14.8 Å². The third-order valence-electron chi connectivity index (χ3n) is 3.56. The van der Waals surface area contributed by atoms with Crippen molar-refractivity contribution in [1.82, 2.24) is 10.7 Å². The molecule has 1 atom stereocenters. The van der Waals surface area contributed by atoms with E-state index in [0.717, 1.165) is 49.4 Å². The van der Waals surface area contributed by atoms with Gasteiger partial charge in [0.2, 0.25) is 0 Å². The molecule has 0 aliphatic carbocycles. The van der Waals surface area contributed by atoms with Crippen LogP contribution in [0.1, 0.15) is 31.7 Å². The van der Waals surface area contributed by atoms with Gasteiger partial charge in [-0.2, -0.15) is 5.10 Å². The highest BCUT2D eigenvalue weighted by Crippen LogP contribution is 2.13. The molecule has 0 radical (unpaired) electrons. The Hall–Kier alpha value is -1.66. The van der Waals surface area contributed by atoms with Gasteiger partial charge in [0, 0.05) is 13.2 Å². The molecule has 2 N–H and O–H groups in total. The molecule has 1 saturated heterocycles. The van der Waals surface area contributed by atoms with E-state index in [0.29, 0.717) is 5.11 Å². The van der Waals surface area contributed by atoms with Gasteiger partial charge in [-0.3, -0.25) is 5.43 Å². The second kappa shape index (κ2) is 8.70. The van der Waals surface area contributed by atoms with Crippen molar-refractivity contribution >= 4 is 23.0 Å². The fourth-order valence-electron chi connectivity index (χ4n) is 2.30. The van der Waals surface area contributed by atoms with Crippen molar-refractivity contribution in [2.24, 2.45) is 5.10 Å². The number of hydrogen-bond donors (Lipinski definition) is 2. The van der Waals surface area contributed by atoms with E-state index in [4.69, 9.17) is 21.7 Å². The summed E-state index contributed by atoms with van der Waals surface area (Å²) >= 11 is 5.24. The molecule has 1 aromatic carbocycles. The van der Waals surface area contributed by atoms with Crippen LogP contribution in [0.25, 0.3) is 0 Å². The zero-order valence-electron chi connectivity index (χ0n) is 13.1. The summed E-state index contributed by atoms with van der Waals surface area (Å²) in [7, 11) is 1.66. The van der Waals surface area contributed by atoms with Crippen LogP contribution < -0.4 is 15.5 Å². The Morgan fingerprint density at radius 2 is 2.18 bits per heavy atom. The van der Waals surface area contributed by atoms with Gasteiger partial charge in [0.05, 0.1) is 18.9 Å². The van der Waals surface area contributed by atoms with Crippen LogP contribution >= 0.6 is 12.2 Å². The number of hydrogen-bond acceptors (Lipinski definition) is 4. The van der Waals surface area contributed by atoms with Crippen LogP contribution in [-0.4, -0.2) is 37.2 Å². The summed E-state index contributed by atoms with van der Waals surface area (Å²) in [6, 6.07) is 7.83. The van der Waals surface area contributed by atoms with Gasteiger partial charge in [-0.1, -0.05) is 6.92 Å². The maximum Gasteiger partial charge on any atom is 0.187 e. The van der Waals surface area contributed by atoms with Crippen molar-refractivity contribution in [3.63, 3.8) is 0 Å². The molecule has 0 spiro atoms. The van der Waals surface area contributed by atoms with E-state index >= 15 is 0 Å². The molecule has 22 heavy (non-hydrogen) atoms. The minimum absolute atomic E-state index is 0.260. The second-order valence-corrected chi connectivity index (χ2v) is 5.51. The monoisotopic (exact) mass is 321 g/mol. The predicted octanol–water partition coefficient (Wildman–Crippen LogP) is 2.45. The second-order valence-electron chi connectivity index (χ2n) is 5.10. The van der Waals surface area contributed by atoms with E-state index in [-0.39, 0.29) is 6.10 Å². The van der Waals surface area contributed by atoms with Crippen LogP contribution in [0.5, 0.6) is 5.75 Å². The Bertz CT molecular complexity index is 511. The summed E-state index contributed by atoms with van der Waals surface area (Å²) in [5.41, 5.74) is 4.91. The summed E-state index contributed by atoms with van der Waals surface area (Å²) in [5.74, 6) is 0.834. The minimum atomic E-state index is 0.260. The summed E-state index contributed by atoms with van der Waals surface area (Å²) in [6.07, 6.45) is 3.29. The molecule has 0 aromatic heterocycles. The van der Waals surface area contributed by atoms with E-state index in [1.807, 2.05) is 24.3 Å². The van der Waals surface area contributed by atoms with Gasteiger partial charge in [-0.05, 0) is 61.3 Å². The molecule has 0 amide bonds. The number of thiocarbonyl (C=S) groups is 1. The Kier molecular flexibility index (Phi) is 6.61. The number of methoxy groups -OCH3 is 1. The highest BCUT2D eigenvalue weighted by atomic mass is 32.1. The minimum Gasteiger partial charge on any atom is -0.497 e. The van der Waals surface area contributed by atoms with Gasteiger partial charge in [-0.15, -0.1) is 0 Å². The van der Waals surface area contributed by atoms with Crippen LogP contribution in [0.4, 0.5) is 0 Å². The average Bonchev–Trinajstić information content (AvgIpc) is 3.07. The molecular weight excluding hydrogens is 298 g/mol. The number of ether oxygens (including phenoxy) is 2. The van der Waals surface area contributed by atoms with Gasteiger partial charge in [0.1, 0.15) is 5.75 Å². The fraction of sp³-hybridized carbons (Fsp3) is 0.500. The van der Waals surface area contributed by atoms with Crippen molar-refractivity contribution in [3.05, 3.63) is 29.8 Å². The molecule has 1 aliphatic heterocycles. The van der Waals surface area contributed by atoms with Gasteiger partial charge >= 0.3 is 0 Å². The Morgan fingerprint density at radius 3 is 2.77 bits per heavy atom. The summed E-state index contributed by atoms with van der Waals surface area (Å²) in [6.45, 7) is 3.64. The molecule has 0 unspecified atom stereocenters. The lowest BCUT2D eigenvalue weighted by Gasteiger charge is -2.12. The zero-order chi connectivity index (χ0) is 15.8. The first-order valence-electron chi connectivity index (χ1n) is 7.59. The smallest absolute Gasteiger partial charge is 0.187 e. The van der Waals surface area contributed by atoms with E-state index in [1.54, 1.807) is 7.11 Å². The SMILES string of the molecule is CC/C(=N/NC(=S)NC[C@H]1CCCO1)c1ccc(OC)cc1. The number of benzene rings is 1. The normalized spacial score (nSPS) is 18.1. The Labute approximate surface area is 137 Å². The summed E-state index contributed by atoms with van der Waals surface area (Å²) in [4.78, 5) is 0. The first-order chi connectivity index (χ1) is 10.7. The molecule has 5 nitrogen and oxygen atoms in total. The van der Waals surface area contributed by atoms with Crippen LogP contribution in [-0.2, 0) is 4.74 Å². The summed E-state index contributed by atoms with van der Waals surface area (Å²) < 4.78 is 10.7. The lowest BCUT2D eigenvalue weighted by atomic mass is 10.1. The summed E-state index contributed by atoms with van der Waals surface area (Å²) in [5, 5.41) is 8.06. The van der Waals surface area contributed by atoms with Crippen LogP contribution in [0, 0.1) is 0 Å². The quantitative estimate of drug-likeness (QED) is 0.479. The lowest BCUT2D eigenvalue weighted by molar-refractivity contribution is 0.114. The van der Waals surface area contributed by atoms with Crippen molar-refractivity contribution in [2.45, 2.75) is 32.3 Å². The van der Waals surface area contributed by atoms with Gasteiger partial charge in [0.25, 0.3) is 0 Å². The van der Waals surface area contributed by atoms with Crippen molar-refractivity contribution in [3.8, 4) is 5.75 Å². The van der Waals surface area contributed by atoms with Crippen LogP contribution in [0.3, 0.4) is 0 Å². The standard InChI is InChI=1S/C16H23N3O2S/c1-3-15(12-6-8-13(20-2)9-7-12)18-19-16(22)17-11-14-5-4-10-21-14/h6-9,14H,3-5,10-11H2,1-2H3,(H2,17,19,22)/b18-15-/t14-/m1/s1. The first kappa shape index (κ1) is 16.7. The molecule has 120 valence electrons. The number of nitrogens with zero attached hydrogens (tertiary/aromatic N) is 1. The van der Waals surface area contributed by atoms with Crippen molar-refractivity contribution in [1.29, 1.82) is 0 Å². The average molecular weight is 321 g/mol. The molecule has 1 fully saturated rings. The van der Waals surface area contributed by atoms with Crippen molar-refractivity contribution < 1.29 is 9.47 Å². The van der Waals surface area contributed by atoms with Gasteiger partial charge in [0.15, 0.2) is 5.11 Å². The van der Waals surface area contributed by atoms with E-state index in [2.05, 4.69) is 22.8 Å². The largest absolute Gasteiger partial charge is 0.497 e. The fourth-order valence-corrected chi connectivity index (χ4v) is 2.43. The van der Waals surface area contributed by atoms with Crippen LogP contribution in [0.2, 0.25) is 0 Å². The van der Waals surface area contributed by atoms with Gasteiger partial charge in [-0.25, -0.2) is 0 Å². The molecule has 0 bridgehead atoms. The van der Waals surface area contributed by atoms with E-state index < -0.39 is 0 Å². The molecule has 0 saturated carbocycles. The van der Waals surface area contributed by atoms with E-state index in [1.165, 1.54) is 0 Å². The predicted molar refractivity (Wildman–Crippen MR) is 92.5 cm³/mol. The Balaban J connectivity index is 1.86. The first-order valence-corrected chi connectivity index (χ1v) is 8.00. The molecule has 1 aromatic rings. The number of hydrazone groups is 1. The highest BCUT2D eigenvalue weighted by Gasteiger charge is 2.15. The zero-order valence-corrected chi connectivity index (χ0v) is 13.9. The third-order valence-corrected chi connectivity index (χ3v) is 3.80. The number of nitrogens with one attached hydrogen (secondary N) is 2. The van der Waals surface area contributed by atoms with Crippen molar-refractivity contribution in [2.75, 3.05) is 20.3 Å². The molecule has 1 heterocycles. The third kappa shape index (κ3) is 4.96. The molecule has 1 aliphatic rings. The molecule has 2 rings (SSSR count). The number of rotatable bonds is 6. The Morgan fingerprint density at radius 1 is 1.41 bits per heavy atom.